The zero-order chi connectivity index (χ0) is 22.6. The molecule has 0 saturated heterocycles. The molecule has 2 aromatic carbocycles. The third kappa shape index (κ3) is 7.58. The van der Waals surface area contributed by atoms with Gasteiger partial charge in [-0.2, -0.15) is 0 Å². The summed E-state index contributed by atoms with van der Waals surface area (Å²) in [4.78, 5) is 23.7. The van der Waals surface area contributed by atoms with Crippen LogP contribution in [0.4, 0.5) is 0 Å². The van der Waals surface area contributed by atoms with Gasteiger partial charge in [0.15, 0.2) is 18.1 Å². The molecule has 2 aromatic rings. The van der Waals surface area contributed by atoms with Crippen LogP contribution in [0.25, 0.3) is 6.08 Å². The maximum absolute atomic E-state index is 11.9. The molecule has 0 heterocycles. The fraction of sp³-hybridized carbons (Fsp3) is 0.304. The highest BCUT2D eigenvalue weighted by atomic mass is 16.5. The van der Waals surface area contributed by atoms with Crippen molar-refractivity contribution in [2.75, 3.05) is 41.1 Å². The van der Waals surface area contributed by atoms with Crippen molar-refractivity contribution in [2.24, 2.45) is 0 Å². The quantitative estimate of drug-likeness (QED) is 0.334. The first-order valence-electron chi connectivity index (χ1n) is 9.57. The van der Waals surface area contributed by atoms with E-state index in [1.807, 2.05) is 31.2 Å². The SMILES string of the molecule is COc1cc(/C=C/C(=O)OCC(=O)NCCOc2cccc(C)c2)cc(OC)c1OC. The van der Waals surface area contributed by atoms with E-state index >= 15 is 0 Å². The van der Waals surface area contributed by atoms with Crippen molar-refractivity contribution in [3.8, 4) is 23.0 Å². The van der Waals surface area contributed by atoms with E-state index in [0.717, 1.165) is 11.3 Å². The normalized spacial score (nSPS) is 10.5. The number of rotatable bonds is 11. The molecule has 0 aromatic heterocycles. The van der Waals surface area contributed by atoms with Gasteiger partial charge in [0.05, 0.1) is 27.9 Å². The molecule has 8 nitrogen and oxygen atoms in total. The average Bonchev–Trinajstić information content (AvgIpc) is 2.78. The van der Waals surface area contributed by atoms with Crippen LogP contribution in [-0.4, -0.2) is 53.0 Å². The molecule has 0 aliphatic heterocycles. The molecular weight excluding hydrogens is 402 g/mol. The van der Waals surface area contributed by atoms with Gasteiger partial charge in [-0.05, 0) is 48.4 Å². The van der Waals surface area contributed by atoms with Crippen LogP contribution in [0.5, 0.6) is 23.0 Å². The molecular formula is C23H27NO7. The Balaban J connectivity index is 1.77. The number of amides is 1. The van der Waals surface area contributed by atoms with Crippen molar-refractivity contribution in [3.05, 3.63) is 53.6 Å². The highest BCUT2D eigenvalue weighted by Crippen LogP contribution is 2.38. The first kappa shape index (κ1) is 23.6. The van der Waals surface area contributed by atoms with Gasteiger partial charge in [0, 0.05) is 6.08 Å². The molecule has 31 heavy (non-hydrogen) atoms. The fourth-order valence-corrected chi connectivity index (χ4v) is 2.66. The summed E-state index contributed by atoms with van der Waals surface area (Å²) < 4.78 is 26.3. The van der Waals surface area contributed by atoms with Crippen LogP contribution in [0.3, 0.4) is 0 Å². The zero-order valence-electron chi connectivity index (χ0n) is 18.1. The predicted molar refractivity (Wildman–Crippen MR) is 116 cm³/mol. The minimum Gasteiger partial charge on any atom is -0.493 e. The molecule has 1 N–H and O–H groups in total. The summed E-state index contributed by atoms with van der Waals surface area (Å²) in [6.07, 6.45) is 2.75. The maximum Gasteiger partial charge on any atom is 0.331 e. The van der Waals surface area contributed by atoms with Gasteiger partial charge in [-0.1, -0.05) is 12.1 Å². The zero-order valence-corrected chi connectivity index (χ0v) is 18.1. The highest BCUT2D eigenvalue weighted by molar-refractivity contribution is 5.89. The standard InChI is InChI=1S/C23H27NO7/c1-16-6-5-7-18(12-16)30-11-10-24-21(25)15-31-22(26)9-8-17-13-19(27-2)23(29-4)20(14-17)28-3/h5-9,12-14H,10-11,15H2,1-4H3,(H,24,25)/b9-8+. The monoisotopic (exact) mass is 429 g/mol. The largest absolute Gasteiger partial charge is 0.493 e. The molecule has 0 atom stereocenters. The van der Waals surface area contributed by atoms with E-state index in [1.165, 1.54) is 33.5 Å². The highest BCUT2D eigenvalue weighted by Gasteiger charge is 2.12. The Kier molecular flexibility index (Phi) is 9.22. The van der Waals surface area contributed by atoms with Gasteiger partial charge >= 0.3 is 5.97 Å². The van der Waals surface area contributed by atoms with Crippen molar-refractivity contribution in [1.29, 1.82) is 0 Å². The Hall–Kier alpha value is -3.68. The van der Waals surface area contributed by atoms with Gasteiger partial charge in [0.1, 0.15) is 12.4 Å². The van der Waals surface area contributed by atoms with Crippen LogP contribution < -0.4 is 24.3 Å². The second kappa shape index (κ2) is 12.1. The van der Waals surface area contributed by atoms with Crippen LogP contribution in [0.15, 0.2) is 42.5 Å². The van der Waals surface area contributed by atoms with E-state index in [1.54, 1.807) is 12.1 Å². The topological polar surface area (TPSA) is 92.3 Å². The van der Waals surface area contributed by atoms with Crippen molar-refractivity contribution < 1.29 is 33.3 Å². The fourth-order valence-electron chi connectivity index (χ4n) is 2.66. The Bertz CT molecular complexity index is 899. The molecule has 0 aliphatic carbocycles. The average molecular weight is 429 g/mol. The lowest BCUT2D eigenvalue weighted by atomic mass is 10.1. The number of ether oxygens (including phenoxy) is 5. The molecule has 0 saturated carbocycles. The lowest BCUT2D eigenvalue weighted by molar-refractivity contribution is -0.143. The molecule has 0 unspecified atom stereocenters. The van der Waals surface area contributed by atoms with Gasteiger partial charge in [-0.15, -0.1) is 0 Å². The number of hydrogen-bond donors (Lipinski definition) is 1. The van der Waals surface area contributed by atoms with E-state index in [0.29, 0.717) is 36.0 Å². The van der Waals surface area contributed by atoms with Crippen molar-refractivity contribution >= 4 is 18.0 Å². The van der Waals surface area contributed by atoms with Crippen molar-refractivity contribution in [3.63, 3.8) is 0 Å². The van der Waals surface area contributed by atoms with Crippen LogP contribution in [0.2, 0.25) is 0 Å². The summed E-state index contributed by atoms with van der Waals surface area (Å²) >= 11 is 0. The summed E-state index contributed by atoms with van der Waals surface area (Å²) in [5, 5.41) is 2.63. The Labute approximate surface area is 181 Å². The first-order valence-corrected chi connectivity index (χ1v) is 9.57. The summed E-state index contributed by atoms with van der Waals surface area (Å²) in [6, 6.07) is 11.0. The van der Waals surface area contributed by atoms with Gasteiger partial charge in [0.25, 0.3) is 5.91 Å². The third-order valence-corrected chi connectivity index (χ3v) is 4.13. The number of carbonyl (C=O) groups excluding carboxylic acids is 2. The Morgan fingerprint density at radius 3 is 2.32 bits per heavy atom. The molecule has 8 heteroatoms. The summed E-state index contributed by atoms with van der Waals surface area (Å²) in [5.41, 5.74) is 1.73. The molecule has 166 valence electrons. The first-order chi connectivity index (χ1) is 15.0. The molecule has 0 bridgehead atoms. The van der Waals surface area contributed by atoms with Gasteiger partial charge in [0.2, 0.25) is 5.75 Å². The minimum atomic E-state index is -0.653. The van der Waals surface area contributed by atoms with E-state index in [2.05, 4.69) is 5.32 Å². The lowest BCUT2D eigenvalue weighted by Crippen LogP contribution is -2.31. The van der Waals surface area contributed by atoms with Crippen LogP contribution >= 0.6 is 0 Å². The molecule has 0 aliphatic rings. The number of nitrogens with one attached hydrogen (secondary N) is 1. The van der Waals surface area contributed by atoms with Gasteiger partial charge in [-0.25, -0.2) is 4.79 Å². The third-order valence-electron chi connectivity index (χ3n) is 4.13. The number of carbonyl (C=O) groups is 2. The number of hydrogen-bond acceptors (Lipinski definition) is 7. The molecule has 0 spiro atoms. The van der Waals surface area contributed by atoms with E-state index in [4.69, 9.17) is 23.7 Å². The van der Waals surface area contributed by atoms with Crippen LogP contribution in [-0.2, 0) is 14.3 Å². The molecule has 0 fully saturated rings. The smallest absolute Gasteiger partial charge is 0.331 e. The Morgan fingerprint density at radius 1 is 1.00 bits per heavy atom. The van der Waals surface area contributed by atoms with E-state index in [-0.39, 0.29) is 6.61 Å². The molecule has 1 amide bonds. The number of methoxy groups -OCH3 is 3. The lowest BCUT2D eigenvalue weighted by Gasteiger charge is -2.12. The summed E-state index contributed by atoms with van der Waals surface area (Å²) in [7, 11) is 4.51. The van der Waals surface area contributed by atoms with Crippen molar-refractivity contribution in [2.45, 2.75) is 6.92 Å². The summed E-state index contributed by atoms with van der Waals surface area (Å²) in [6.45, 7) is 2.19. The van der Waals surface area contributed by atoms with Crippen LogP contribution in [0.1, 0.15) is 11.1 Å². The Morgan fingerprint density at radius 2 is 1.71 bits per heavy atom. The minimum absolute atomic E-state index is 0.297. The van der Waals surface area contributed by atoms with Gasteiger partial charge < -0.3 is 29.0 Å². The number of esters is 1. The van der Waals surface area contributed by atoms with Crippen molar-refractivity contribution in [1.82, 2.24) is 5.32 Å². The van der Waals surface area contributed by atoms with E-state index in [9.17, 15) is 9.59 Å². The van der Waals surface area contributed by atoms with Crippen LogP contribution in [0, 0.1) is 6.92 Å². The summed E-state index contributed by atoms with van der Waals surface area (Å²) in [5.74, 6) is 1.04. The second-order valence-electron chi connectivity index (χ2n) is 6.41. The number of benzene rings is 2. The number of aryl methyl sites for hydroxylation is 1. The second-order valence-corrected chi connectivity index (χ2v) is 6.41. The molecule has 0 radical (unpaired) electrons. The molecule has 2 rings (SSSR count). The van der Waals surface area contributed by atoms with Gasteiger partial charge in [-0.3, -0.25) is 4.79 Å². The van der Waals surface area contributed by atoms with E-state index < -0.39 is 11.9 Å². The predicted octanol–water partition coefficient (Wildman–Crippen LogP) is 2.77. The maximum atomic E-state index is 11.9.